The molecule has 11 heteroatoms. The van der Waals surface area contributed by atoms with Crippen LogP contribution in [0, 0.1) is 0 Å². The van der Waals surface area contributed by atoms with E-state index in [1.54, 1.807) is 32.9 Å². The third-order valence-electron chi connectivity index (χ3n) is 6.39. The summed E-state index contributed by atoms with van der Waals surface area (Å²) in [6.45, 7) is 6.99. The minimum atomic E-state index is -1.35. The van der Waals surface area contributed by atoms with Crippen LogP contribution in [0.15, 0.2) is 54.6 Å². The van der Waals surface area contributed by atoms with E-state index in [0.29, 0.717) is 6.42 Å². The van der Waals surface area contributed by atoms with Crippen molar-refractivity contribution in [2.24, 2.45) is 0 Å². The second-order valence-corrected chi connectivity index (χ2v) is 10.7. The van der Waals surface area contributed by atoms with Gasteiger partial charge in [-0.3, -0.25) is 30.6 Å². The van der Waals surface area contributed by atoms with Crippen LogP contribution in [-0.2, 0) is 36.9 Å². The molecule has 4 rings (SSSR count). The molecule has 0 saturated carbocycles. The highest BCUT2D eigenvalue weighted by atomic mass is 16.6. The van der Waals surface area contributed by atoms with Crippen molar-refractivity contribution in [3.8, 4) is 0 Å². The van der Waals surface area contributed by atoms with Crippen LogP contribution in [0.25, 0.3) is 10.9 Å². The number of benzene rings is 2. The van der Waals surface area contributed by atoms with Gasteiger partial charge in [-0.25, -0.2) is 4.79 Å². The molecule has 1 aromatic heterocycles. The fraction of sp³-hybridized carbons (Fsp3) is 0.379. The predicted octanol–water partition coefficient (Wildman–Crippen LogP) is 2.92. The summed E-state index contributed by atoms with van der Waals surface area (Å²) in [7, 11) is 0. The summed E-state index contributed by atoms with van der Waals surface area (Å²) in [6.07, 6.45) is -0.938. The highest BCUT2D eigenvalue weighted by Gasteiger charge is 2.32. The summed E-state index contributed by atoms with van der Waals surface area (Å²) >= 11 is 0. The molecule has 3 atom stereocenters. The average Bonchev–Trinajstić information content (AvgIpc) is 3.29. The number of hydrogen-bond donors (Lipinski definition) is 5. The molecule has 3 aromatic rings. The van der Waals surface area contributed by atoms with Crippen LogP contribution in [0.4, 0.5) is 4.79 Å². The lowest BCUT2D eigenvalue weighted by Gasteiger charge is -2.29. The van der Waals surface area contributed by atoms with Crippen molar-refractivity contribution >= 4 is 34.8 Å². The second kappa shape index (κ2) is 12.2. The second-order valence-electron chi connectivity index (χ2n) is 10.7. The van der Waals surface area contributed by atoms with Gasteiger partial charge in [-0.15, -0.1) is 0 Å². The molecule has 1 aliphatic heterocycles. The molecule has 3 amide bonds. The van der Waals surface area contributed by atoms with Gasteiger partial charge in [0.15, 0.2) is 0 Å². The van der Waals surface area contributed by atoms with Crippen LogP contribution in [0.3, 0.4) is 0 Å². The van der Waals surface area contributed by atoms with E-state index in [1.807, 2.05) is 49.4 Å². The molecule has 2 aromatic carbocycles. The Hall–Kier alpha value is -4.38. The lowest BCUT2D eigenvalue weighted by molar-refractivity contribution is -0.147. The Morgan fingerprint density at radius 1 is 1.00 bits per heavy atom. The molecule has 0 saturated heterocycles. The number of aromatic amines is 1. The Morgan fingerprint density at radius 3 is 2.42 bits per heavy atom. The van der Waals surface area contributed by atoms with Crippen molar-refractivity contribution < 1.29 is 28.7 Å². The fourth-order valence-corrected chi connectivity index (χ4v) is 4.55. The maximum absolute atomic E-state index is 13.0. The van der Waals surface area contributed by atoms with Gasteiger partial charge < -0.3 is 19.8 Å². The number of carbonyl (C=O) groups is 4. The van der Waals surface area contributed by atoms with Gasteiger partial charge in [-0.05, 0) is 51.3 Å². The van der Waals surface area contributed by atoms with E-state index in [1.165, 1.54) is 0 Å². The number of fused-ring (bicyclic) bond motifs is 3. The van der Waals surface area contributed by atoms with E-state index >= 15 is 0 Å². The lowest BCUT2D eigenvalue weighted by Crippen LogP contribution is -2.57. The number of aromatic nitrogens is 1. The monoisotopic (exact) mass is 549 g/mol. The highest BCUT2D eigenvalue weighted by Crippen LogP contribution is 2.31. The van der Waals surface area contributed by atoms with Crippen molar-refractivity contribution in [1.29, 1.82) is 0 Å². The highest BCUT2D eigenvalue weighted by molar-refractivity contribution is 5.92. The molecule has 2 heterocycles. The normalized spacial score (nSPS) is 17.3. The number of H-pyrrole nitrogens is 1. The molecule has 0 bridgehead atoms. The van der Waals surface area contributed by atoms with Crippen LogP contribution in [0.2, 0.25) is 0 Å². The fourth-order valence-electron chi connectivity index (χ4n) is 4.55. The number of para-hydroxylation sites is 1. The quantitative estimate of drug-likeness (QED) is 0.225. The molecule has 0 unspecified atom stereocenters. The molecule has 0 aliphatic carbocycles. The largest absolute Gasteiger partial charge is 0.461 e. The van der Waals surface area contributed by atoms with E-state index in [-0.39, 0.29) is 12.6 Å². The molecule has 0 radical (unpaired) electrons. The number of amides is 3. The van der Waals surface area contributed by atoms with E-state index in [2.05, 4.69) is 26.5 Å². The maximum atomic E-state index is 13.0. The van der Waals surface area contributed by atoms with E-state index < -0.39 is 48.0 Å². The summed E-state index contributed by atoms with van der Waals surface area (Å²) in [4.78, 5) is 54.4. The first-order chi connectivity index (χ1) is 19.0. The van der Waals surface area contributed by atoms with Gasteiger partial charge in [0, 0.05) is 22.6 Å². The molecule has 5 N–H and O–H groups in total. The van der Waals surface area contributed by atoms with Gasteiger partial charge >= 0.3 is 12.1 Å². The van der Waals surface area contributed by atoms with Crippen molar-refractivity contribution in [2.45, 2.75) is 70.9 Å². The third-order valence-corrected chi connectivity index (χ3v) is 6.39. The summed E-state index contributed by atoms with van der Waals surface area (Å²) in [5.41, 5.74) is 7.76. The van der Waals surface area contributed by atoms with Crippen molar-refractivity contribution in [2.75, 3.05) is 0 Å². The SMILES string of the molecule is C[C@@H]1N[C@H](C(=O)NNC(=O)[C@H](CC(=O)OCc2ccccc2)NC(=O)OC(C)(C)C)Cc2c1[nH]c1ccccc21. The van der Waals surface area contributed by atoms with Crippen molar-refractivity contribution in [3.05, 3.63) is 71.4 Å². The molecular weight excluding hydrogens is 514 g/mol. The van der Waals surface area contributed by atoms with Crippen LogP contribution in [-0.4, -0.2) is 46.5 Å². The average molecular weight is 550 g/mol. The number of rotatable bonds is 7. The van der Waals surface area contributed by atoms with Crippen molar-refractivity contribution in [3.63, 3.8) is 0 Å². The third kappa shape index (κ3) is 7.38. The number of hydrazine groups is 1. The van der Waals surface area contributed by atoms with Crippen LogP contribution in [0.1, 0.15) is 57.0 Å². The minimum Gasteiger partial charge on any atom is -0.461 e. The summed E-state index contributed by atoms with van der Waals surface area (Å²) in [5.74, 6) is -1.97. The van der Waals surface area contributed by atoms with Gasteiger partial charge in [-0.1, -0.05) is 48.5 Å². The van der Waals surface area contributed by atoms with Gasteiger partial charge in [-0.2, -0.15) is 0 Å². The van der Waals surface area contributed by atoms with Crippen LogP contribution < -0.4 is 21.5 Å². The summed E-state index contributed by atoms with van der Waals surface area (Å²) < 4.78 is 10.5. The molecule has 11 nitrogen and oxygen atoms in total. The number of alkyl carbamates (subject to hydrolysis) is 1. The number of ether oxygens (including phenoxy) is 2. The zero-order valence-corrected chi connectivity index (χ0v) is 23.0. The first kappa shape index (κ1) is 28.6. The Morgan fingerprint density at radius 2 is 1.70 bits per heavy atom. The Bertz CT molecular complexity index is 1380. The Balaban J connectivity index is 1.38. The van der Waals surface area contributed by atoms with Crippen LogP contribution in [0.5, 0.6) is 0 Å². The molecule has 1 aliphatic rings. The Labute approximate surface area is 232 Å². The Kier molecular flexibility index (Phi) is 8.73. The summed E-state index contributed by atoms with van der Waals surface area (Å²) in [6, 6.07) is 14.9. The maximum Gasteiger partial charge on any atom is 0.408 e. The zero-order valence-electron chi connectivity index (χ0n) is 23.0. The van der Waals surface area contributed by atoms with E-state index in [4.69, 9.17) is 9.47 Å². The first-order valence-corrected chi connectivity index (χ1v) is 13.1. The van der Waals surface area contributed by atoms with Gasteiger partial charge in [0.05, 0.1) is 12.5 Å². The number of hydrogen-bond acceptors (Lipinski definition) is 7. The van der Waals surface area contributed by atoms with Crippen molar-refractivity contribution in [1.82, 2.24) is 26.5 Å². The van der Waals surface area contributed by atoms with Crippen LogP contribution >= 0.6 is 0 Å². The number of esters is 1. The first-order valence-electron chi connectivity index (χ1n) is 13.1. The van der Waals surface area contributed by atoms with Gasteiger partial charge in [0.2, 0.25) is 0 Å². The van der Waals surface area contributed by atoms with E-state index in [0.717, 1.165) is 27.7 Å². The number of carbonyl (C=O) groups excluding carboxylic acids is 4. The topological polar surface area (TPSA) is 151 Å². The molecule has 212 valence electrons. The molecular formula is C29H35N5O6. The van der Waals surface area contributed by atoms with Gasteiger partial charge in [0.25, 0.3) is 11.8 Å². The molecule has 0 fully saturated rings. The lowest BCUT2D eigenvalue weighted by atomic mass is 9.94. The van der Waals surface area contributed by atoms with E-state index in [9.17, 15) is 19.2 Å². The summed E-state index contributed by atoms with van der Waals surface area (Å²) in [5, 5.41) is 6.69. The smallest absolute Gasteiger partial charge is 0.408 e. The zero-order chi connectivity index (χ0) is 28.9. The molecule has 40 heavy (non-hydrogen) atoms. The standard InChI is InChI=1S/C29H35N5O6/c1-17-25-20(19-12-8-9-13-21(19)31-25)14-22(30-17)26(36)33-34-27(37)23(32-28(38)40-29(2,3)4)15-24(35)39-16-18-10-6-5-7-11-18/h5-13,17,22-23,30-31H,14-16H2,1-4H3,(H,32,38)(H,33,36)(H,34,37)/t17-,22-,23-/m0/s1. The van der Waals surface area contributed by atoms with Gasteiger partial charge in [0.1, 0.15) is 18.2 Å². The minimum absolute atomic E-state index is 0.0124. The predicted molar refractivity (Wildman–Crippen MR) is 148 cm³/mol. The molecule has 0 spiro atoms. The number of nitrogens with one attached hydrogen (secondary N) is 5.